The van der Waals surface area contributed by atoms with Crippen molar-refractivity contribution in [2.24, 2.45) is 0 Å². The molecule has 1 aliphatic rings. The van der Waals surface area contributed by atoms with Gasteiger partial charge < -0.3 is 30.2 Å². The van der Waals surface area contributed by atoms with Gasteiger partial charge >= 0.3 is 12.1 Å². The molecule has 0 radical (unpaired) electrons. The first kappa shape index (κ1) is 35.1. The molecular formula is C35H46N6O6. The lowest BCUT2D eigenvalue weighted by molar-refractivity contribution is -0.153. The number of likely N-dealkylation sites (tertiary alicyclic amines) is 1. The zero-order valence-electron chi connectivity index (χ0n) is 28.1. The maximum absolute atomic E-state index is 12.4. The van der Waals surface area contributed by atoms with Gasteiger partial charge in [0.05, 0.1) is 0 Å². The summed E-state index contributed by atoms with van der Waals surface area (Å²) in [5.74, 6) is 0.370. The van der Waals surface area contributed by atoms with Crippen molar-refractivity contribution < 1.29 is 28.6 Å². The van der Waals surface area contributed by atoms with Crippen LogP contribution in [0.3, 0.4) is 0 Å². The monoisotopic (exact) mass is 646 g/mol. The molecule has 0 aliphatic carbocycles. The molecule has 12 nitrogen and oxygen atoms in total. The van der Waals surface area contributed by atoms with Crippen LogP contribution >= 0.6 is 0 Å². The smallest absolute Gasteiger partial charge is 0.407 e. The Morgan fingerprint density at radius 3 is 2.04 bits per heavy atom. The van der Waals surface area contributed by atoms with Crippen LogP contribution in [0, 0.1) is 0 Å². The second-order valence-electron chi connectivity index (χ2n) is 13.4. The predicted octanol–water partition coefficient (Wildman–Crippen LogP) is 5.33. The van der Waals surface area contributed by atoms with E-state index in [0.717, 1.165) is 55.0 Å². The Labute approximate surface area is 276 Å². The van der Waals surface area contributed by atoms with Crippen LogP contribution in [-0.4, -0.2) is 82.9 Å². The topological polar surface area (TPSA) is 144 Å². The van der Waals surface area contributed by atoms with Crippen molar-refractivity contribution in [1.29, 1.82) is 0 Å². The summed E-state index contributed by atoms with van der Waals surface area (Å²) in [4.78, 5) is 47.5. The number of hydrogen-bond acceptors (Lipinski definition) is 10. The molecule has 0 unspecified atom stereocenters. The molecule has 0 saturated carbocycles. The maximum atomic E-state index is 12.4. The van der Waals surface area contributed by atoms with E-state index in [4.69, 9.17) is 14.2 Å². The summed E-state index contributed by atoms with van der Waals surface area (Å²) in [6.45, 7) is 13.9. The van der Waals surface area contributed by atoms with E-state index in [1.807, 2.05) is 45.0 Å². The SMILES string of the molecule is CC(C)(C)OC(=O)CNC(=O)c1ccc(-c2cnc(Nc3ccc(OCCN4CCC(NC(=O)OC(C)(C)C)CC4)cc3)nc2)cc1. The average molecular weight is 647 g/mol. The first-order valence-electron chi connectivity index (χ1n) is 15.9. The third-order valence-electron chi connectivity index (χ3n) is 7.04. The van der Waals surface area contributed by atoms with Crippen LogP contribution < -0.4 is 20.7 Å². The first-order valence-corrected chi connectivity index (χ1v) is 15.9. The fourth-order valence-electron chi connectivity index (χ4n) is 4.82. The van der Waals surface area contributed by atoms with Crippen LogP contribution in [0.2, 0.25) is 0 Å². The van der Waals surface area contributed by atoms with Gasteiger partial charge in [-0.2, -0.15) is 0 Å². The highest BCUT2D eigenvalue weighted by atomic mass is 16.6. The number of amides is 2. The summed E-state index contributed by atoms with van der Waals surface area (Å²) in [6, 6.07) is 14.7. The van der Waals surface area contributed by atoms with E-state index < -0.39 is 17.2 Å². The zero-order chi connectivity index (χ0) is 34.0. The molecule has 1 fully saturated rings. The lowest BCUT2D eigenvalue weighted by atomic mass is 10.1. The molecule has 3 N–H and O–H groups in total. The number of carbonyl (C=O) groups excluding carboxylic acids is 3. The Balaban J connectivity index is 1.17. The summed E-state index contributed by atoms with van der Waals surface area (Å²) in [6.07, 6.45) is 4.83. The molecule has 1 saturated heterocycles. The number of aromatic nitrogens is 2. The zero-order valence-corrected chi connectivity index (χ0v) is 28.1. The van der Waals surface area contributed by atoms with E-state index in [-0.39, 0.29) is 24.6 Å². The molecule has 252 valence electrons. The second kappa shape index (κ2) is 15.7. The quantitative estimate of drug-likeness (QED) is 0.234. The van der Waals surface area contributed by atoms with Gasteiger partial charge in [0.2, 0.25) is 5.95 Å². The number of benzene rings is 2. The Morgan fingerprint density at radius 1 is 0.830 bits per heavy atom. The molecule has 2 amide bonds. The third-order valence-corrected chi connectivity index (χ3v) is 7.04. The highest BCUT2D eigenvalue weighted by Gasteiger charge is 2.23. The molecule has 12 heteroatoms. The number of nitrogens with one attached hydrogen (secondary N) is 3. The minimum atomic E-state index is -0.609. The Kier molecular flexibility index (Phi) is 11.8. The van der Waals surface area contributed by atoms with E-state index in [0.29, 0.717) is 18.1 Å². The van der Waals surface area contributed by atoms with Gasteiger partial charge in [-0.25, -0.2) is 14.8 Å². The number of piperidine rings is 1. The number of alkyl carbamates (subject to hydrolysis) is 1. The van der Waals surface area contributed by atoms with Crippen molar-refractivity contribution in [1.82, 2.24) is 25.5 Å². The number of carbonyl (C=O) groups is 3. The molecule has 47 heavy (non-hydrogen) atoms. The summed E-state index contributed by atoms with van der Waals surface area (Å²) < 4.78 is 16.5. The number of rotatable bonds is 11. The van der Waals surface area contributed by atoms with E-state index in [1.165, 1.54) is 0 Å². The van der Waals surface area contributed by atoms with Gasteiger partial charge in [0.25, 0.3) is 5.91 Å². The van der Waals surface area contributed by atoms with Crippen molar-refractivity contribution in [3.8, 4) is 16.9 Å². The Hall–Kier alpha value is -4.71. The standard InChI is InChI=1S/C35H46N6O6/c1-34(2,3)46-30(42)23-36-31(43)25-9-7-24(8-10-25)26-21-37-32(38-22-26)39-27-11-13-29(14-12-27)45-20-19-41-17-15-28(16-18-41)40-33(44)47-35(4,5)6/h7-14,21-22,28H,15-20,23H2,1-6H3,(H,36,43)(H,40,44)(H,37,38,39). The Bertz CT molecular complexity index is 1470. The fourth-order valence-corrected chi connectivity index (χ4v) is 4.82. The third kappa shape index (κ3) is 12.2. The largest absolute Gasteiger partial charge is 0.492 e. The van der Waals surface area contributed by atoms with Crippen LogP contribution in [0.5, 0.6) is 5.75 Å². The van der Waals surface area contributed by atoms with Gasteiger partial charge in [-0.3, -0.25) is 14.5 Å². The fraction of sp³-hybridized carbons (Fsp3) is 0.457. The summed E-state index contributed by atoms with van der Waals surface area (Å²) in [7, 11) is 0. The van der Waals surface area contributed by atoms with Gasteiger partial charge in [-0.1, -0.05) is 12.1 Å². The van der Waals surface area contributed by atoms with Crippen molar-refractivity contribution in [2.75, 3.05) is 38.1 Å². The number of esters is 1. The van der Waals surface area contributed by atoms with Crippen LogP contribution in [0.4, 0.5) is 16.4 Å². The number of anilines is 2. The average Bonchev–Trinajstić information content (AvgIpc) is 3.00. The van der Waals surface area contributed by atoms with Gasteiger partial charge in [0.1, 0.15) is 30.1 Å². The number of ether oxygens (including phenoxy) is 3. The predicted molar refractivity (Wildman–Crippen MR) is 180 cm³/mol. The lowest BCUT2D eigenvalue weighted by Gasteiger charge is -2.32. The molecule has 2 heterocycles. The maximum Gasteiger partial charge on any atom is 0.407 e. The number of hydrogen-bond donors (Lipinski definition) is 3. The minimum absolute atomic E-state index is 0.132. The lowest BCUT2D eigenvalue weighted by Crippen LogP contribution is -2.46. The van der Waals surface area contributed by atoms with Gasteiger partial charge in [0.15, 0.2) is 0 Å². The van der Waals surface area contributed by atoms with Crippen molar-refractivity contribution in [2.45, 2.75) is 71.6 Å². The highest BCUT2D eigenvalue weighted by Crippen LogP contribution is 2.22. The van der Waals surface area contributed by atoms with Gasteiger partial charge in [0, 0.05) is 54.9 Å². The molecule has 2 aromatic carbocycles. The van der Waals surface area contributed by atoms with Crippen LogP contribution in [0.25, 0.3) is 11.1 Å². The first-order chi connectivity index (χ1) is 22.2. The summed E-state index contributed by atoms with van der Waals surface area (Å²) >= 11 is 0. The number of nitrogens with zero attached hydrogens (tertiary/aromatic N) is 3. The van der Waals surface area contributed by atoms with Crippen molar-refractivity contribution in [3.05, 3.63) is 66.5 Å². The van der Waals surface area contributed by atoms with Gasteiger partial charge in [-0.05, 0) is 96.3 Å². The molecule has 1 aliphatic heterocycles. The molecule has 1 aromatic heterocycles. The molecule has 3 aromatic rings. The Morgan fingerprint density at radius 2 is 1.45 bits per heavy atom. The summed E-state index contributed by atoms with van der Waals surface area (Å²) in [5, 5.41) is 8.74. The molecule has 0 spiro atoms. The molecule has 0 bridgehead atoms. The highest BCUT2D eigenvalue weighted by molar-refractivity contribution is 5.96. The van der Waals surface area contributed by atoms with Crippen LogP contribution in [0.1, 0.15) is 64.7 Å². The normalized spacial score (nSPS) is 14.2. The molecule has 4 rings (SSSR count). The van der Waals surface area contributed by atoms with Crippen LogP contribution in [0.15, 0.2) is 60.9 Å². The van der Waals surface area contributed by atoms with Crippen molar-refractivity contribution >= 4 is 29.6 Å². The van der Waals surface area contributed by atoms with Gasteiger partial charge in [-0.15, -0.1) is 0 Å². The van der Waals surface area contributed by atoms with E-state index >= 15 is 0 Å². The van der Waals surface area contributed by atoms with E-state index in [2.05, 4.69) is 30.8 Å². The second-order valence-corrected chi connectivity index (χ2v) is 13.4. The molecule has 0 atom stereocenters. The van der Waals surface area contributed by atoms with Crippen LogP contribution in [-0.2, 0) is 14.3 Å². The van der Waals surface area contributed by atoms with Crippen molar-refractivity contribution in [3.63, 3.8) is 0 Å². The molecular weight excluding hydrogens is 600 g/mol. The van der Waals surface area contributed by atoms with E-state index in [9.17, 15) is 14.4 Å². The van der Waals surface area contributed by atoms with E-state index in [1.54, 1.807) is 57.4 Å². The minimum Gasteiger partial charge on any atom is -0.492 e. The summed E-state index contributed by atoms with van der Waals surface area (Å²) in [5.41, 5.74) is 1.79.